The van der Waals surface area contributed by atoms with Crippen molar-refractivity contribution in [1.82, 2.24) is 9.55 Å². The number of carbonyl (C=O) groups excluding carboxylic acids is 2. The lowest BCUT2D eigenvalue weighted by Crippen LogP contribution is -2.21. The lowest BCUT2D eigenvalue weighted by atomic mass is 10.2. The number of benzene rings is 2. The number of methoxy groups -OCH3 is 1. The largest absolute Gasteiger partial charge is 0.497 e. The predicted molar refractivity (Wildman–Crippen MR) is 120 cm³/mol. The van der Waals surface area contributed by atoms with Crippen molar-refractivity contribution >= 4 is 38.6 Å². The van der Waals surface area contributed by atoms with Crippen LogP contribution in [0.5, 0.6) is 5.75 Å². The number of carbonyl (C=O) groups is 2. The number of fused-ring (bicyclic) bond motifs is 1. The Balaban J connectivity index is 1.42. The smallest absolute Gasteiger partial charge is 0.340 e. The molecule has 0 atom stereocenters. The van der Waals surface area contributed by atoms with Gasteiger partial charge in [-0.05, 0) is 62.4 Å². The Morgan fingerprint density at radius 3 is 2.59 bits per heavy atom. The first-order chi connectivity index (χ1) is 15.4. The van der Waals surface area contributed by atoms with Gasteiger partial charge in [0.2, 0.25) is 0 Å². The zero-order valence-electron chi connectivity index (χ0n) is 17.6. The number of anilines is 1. The average Bonchev–Trinajstić information content (AvgIpc) is 3.31. The van der Waals surface area contributed by atoms with E-state index in [2.05, 4.69) is 10.3 Å². The fourth-order valence-corrected chi connectivity index (χ4v) is 4.32. The SMILES string of the molecule is COc1ccc2nc(NC(=O)COC(=O)c3cc(C)n(-c4ccc(F)cc4)c3C)sc2c1. The summed E-state index contributed by atoms with van der Waals surface area (Å²) in [5.41, 5.74) is 3.23. The fraction of sp³-hybridized carbons (Fsp3) is 0.174. The molecule has 2 heterocycles. The molecule has 1 N–H and O–H groups in total. The molecule has 0 aliphatic carbocycles. The highest BCUT2D eigenvalue weighted by Gasteiger charge is 2.19. The van der Waals surface area contributed by atoms with Gasteiger partial charge in [0, 0.05) is 17.1 Å². The molecule has 0 radical (unpaired) electrons. The first-order valence-corrected chi connectivity index (χ1v) is 10.5. The van der Waals surface area contributed by atoms with Crippen molar-refractivity contribution in [2.24, 2.45) is 0 Å². The van der Waals surface area contributed by atoms with Gasteiger partial charge in [-0.15, -0.1) is 0 Å². The number of esters is 1. The second-order valence-corrected chi connectivity index (χ2v) is 8.10. The number of hydrogen-bond acceptors (Lipinski definition) is 6. The predicted octanol–water partition coefficient (Wildman–Crippen LogP) is 4.65. The van der Waals surface area contributed by atoms with Crippen LogP contribution < -0.4 is 10.1 Å². The van der Waals surface area contributed by atoms with Crippen LogP contribution in [0.3, 0.4) is 0 Å². The number of halogens is 1. The molecule has 4 aromatic rings. The molecule has 0 fully saturated rings. The molecule has 4 rings (SSSR count). The minimum absolute atomic E-state index is 0.339. The number of thiazole rings is 1. The number of nitrogens with zero attached hydrogens (tertiary/aromatic N) is 2. The number of aromatic nitrogens is 2. The summed E-state index contributed by atoms with van der Waals surface area (Å²) in [7, 11) is 1.58. The summed E-state index contributed by atoms with van der Waals surface area (Å²) in [6.07, 6.45) is 0. The number of nitrogens with one attached hydrogen (secondary N) is 1. The van der Waals surface area contributed by atoms with E-state index in [0.717, 1.165) is 21.6 Å². The molecule has 0 spiro atoms. The number of aryl methyl sites for hydroxylation is 1. The van der Waals surface area contributed by atoms with Crippen LogP contribution in [0.2, 0.25) is 0 Å². The quantitative estimate of drug-likeness (QED) is 0.430. The molecule has 1 amide bonds. The van der Waals surface area contributed by atoms with Crippen molar-refractivity contribution in [2.75, 3.05) is 19.0 Å². The van der Waals surface area contributed by atoms with Crippen molar-refractivity contribution in [3.8, 4) is 11.4 Å². The maximum Gasteiger partial charge on any atom is 0.340 e. The molecule has 9 heteroatoms. The molecule has 0 saturated heterocycles. The van der Waals surface area contributed by atoms with Crippen LogP contribution in [-0.4, -0.2) is 35.1 Å². The zero-order valence-corrected chi connectivity index (χ0v) is 18.5. The Hall–Kier alpha value is -3.72. The molecule has 2 aromatic heterocycles. The van der Waals surface area contributed by atoms with Gasteiger partial charge < -0.3 is 14.0 Å². The summed E-state index contributed by atoms with van der Waals surface area (Å²) in [6.45, 7) is 3.16. The van der Waals surface area contributed by atoms with Crippen LogP contribution in [0.15, 0.2) is 48.5 Å². The van der Waals surface area contributed by atoms with Crippen molar-refractivity contribution in [2.45, 2.75) is 13.8 Å². The van der Waals surface area contributed by atoms with Crippen LogP contribution in [0.1, 0.15) is 21.7 Å². The highest BCUT2D eigenvalue weighted by molar-refractivity contribution is 7.22. The molecule has 164 valence electrons. The molecule has 0 saturated carbocycles. The van der Waals surface area contributed by atoms with Crippen LogP contribution in [0.4, 0.5) is 9.52 Å². The summed E-state index contributed by atoms with van der Waals surface area (Å²) in [6, 6.07) is 13.1. The molecule has 2 aromatic carbocycles. The molecular weight excluding hydrogens is 433 g/mol. The Morgan fingerprint density at radius 2 is 1.88 bits per heavy atom. The van der Waals surface area contributed by atoms with Gasteiger partial charge >= 0.3 is 5.97 Å². The van der Waals surface area contributed by atoms with Crippen molar-refractivity contribution in [3.63, 3.8) is 0 Å². The maximum atomic E-state index is 13.2. The van der Waals surface area contributed by atoms with Gasteiger partial charge in [-0.1, -0.05) is 11.3 Å². The van der Waals surface area contributed by atoms with Gasteiger partial charge in [-0.3, -0.25) is 10.1 Å². The third-order valence-corrected chi connectivity index (χ3v) is 5.85. The minimum Gasteiger partial charge on any atom is -0.497 e. The normalized spacial score (nSPS) is 10.9. The van der Waals surface area contributed by atoms with E-state index in [1.165, 1.54) is 23.5 Å². The van der Waals surface area contributed by atoms with E-state index in [1.54, 1.807) is 44.4 Å². The summed E-state index contributed by atoms with van der Waals surface area (Å²) >= 11 is 1.30. The molecule has 0 unspecified atom stereocenters. The van der Waals surface area contributed by atoms with E-state index in [-0.39, 0.29) is 5.82 Å². The number of amides is 1. The van der Waals surface area contributed by atoms with E-state index in [1.807, 2.05) is 17.6 Å². The van der Waals surface area contributed by atoms with E-state index in [0.29, 0.717) is 22.1 Å². The Kier molecular flexibility index (Phi) is 5.91. The van der Waals surface area contributed by atoms with Gasteiger partial charge in [-0.2, -0.15) is 0 Å². The van der Waals surface area contributed by atoms with Crippen LogP contribution in [0.25, 0.3) is 15.9 Å². The highest BCUT2D eigenvalue weighted by Crippen LogP contribution is 2.29. The van der Waals surface area contributed by atoms with Gasteiger partial charge in [-0.25, -0.2) is 14.2 Å². The number of hydrogen-bond donors (Lipinski definition) is 1. The number of rotatable bonds is 6. The summed E-state index contributed by atoms with van der Waals surface area (Å²) < 4.78 is 26.3. The highest BCUT2D eigenvalue weighted by atomic mass is 32.1. The Labute approximate surface area is 187 Å². The summed E-state index contributed by atoms with van der Waals surface area (Å²) in [4.78, 5) is 29.2. The van der Waals surface area contributed by atoms with E-state index >= 15 is 0 Å². The number of ether oxygens (including phenoxy) is 2. The Morgan fingerprint density at radius 1 is 1.12 bits per heavy atom. The van der Waals surface area contributed by atoms with Crippen LogP contribution >= 0.6 is 11.3 Å². The van der Waals surface area contributed by atoms with Crippen molar-refractivity contribution in [1.29, 1.82) is 0 Å². The molecule has 0 bridgehead atoms. The topological polar surface area (TPSA) is 82.5 Å². The molecule has 32 heavy (non-hydrogen) atoms. The second kappa shape index (κ2) is 8.80. The first-order valence-electron chi connectivity index (χ1n) is 9.72. The van der Waals surface area contributed by atoms with Crippen LogP contribution in [0, 0.1) is 19.7 Å². The maximum absolute atomic E-state index is 13.2. The van der Waals surface area contributed by atoms with Gasteiger partial charge in [0.1, 0.15) is 11.6 Å². The minimum atomic E-state index is -0.615. The lowest BCUT2D eigenvalue weighted by molar-refractivity contribution is -0.119. The van der Waals surface area contributed by atoms with Gasteiger partial charge in [0.25, 0.3) is 5.91 Å². The lowest BCUT2D eigenvalue weighted by Gasteiger charge is -2.10. The third-order valence-electron chi connectivity index (χ3n) is 4.91. The monoisotopic (exact) mass is 453 g/mol. The second-order valence-electron chi connectivity index (χ2n) is 7.07. The zero-order chi connectivity index (χ0) is 22.8. The molecule has 7 nitrogen and oxygen atoms in total. The average molecular weight is 453 g/mol. The summed E-state index contributed by atoms with van der Waals surface area (Å²) in [5, 5.41) is 3.05. The summed E-state index contributed by atoms with van der Waals surface area (Å²) in [5.74, 6) is -0.743. The van der Waals surface area contributed by atoms with Gasteiger partial charge in [0.05, 0.1) is 22.9 Å². The van der Waals surface area contributed by atoms with Crippen molar-refractivity contribution in [3.05, 3.63) is 71.3 Å². The molecular formula is C23H20FN3O4S. The fourth-order valence-electron chi connectivity index (χ4n) is 3.41. The third kappa shape index (κ3) is 4.33. The Bertz CT molecular complexity index is 1310. The molecule has 0 aliphatic rings. The van der Waals surface area contributed by atoms with E-state index in [9.17, 15) is 14.0 Å². The van der Waals surface area contributed by atoms with Crippen LogP contribution in [-0.2, 0) is 9.53 Å². The van der Waals surface area contributed by atoms with E-state index < -0.39 is 18.5 Å². The standard InChI is InChI=1S/C23H20FN3O4S/c1-13-10-18(14(2)27(13)16-6-4-15(24)5-7-16)22(29)31-12-21(28)26-23-25-19-9-8-17(30-3)11-20(19)32-23/h4-11H,12H2,1-3H3,(H,25,26,28). The van der Waals surface area contributed by atoms with Gasteiger partial charge in [0.15, 0.2) is 11.7 Å². The van der Waals surface area contributed by atoms with Crippen molar-refractivity contribution < 1.29 is 23.5 Å². The van der Waals surface area contributed by atoms with E-state index in [4.69, 9.17) is 9.47 Å². The molecule has 0 aliphatic heterocycles. The first kappa shape index (κ1) is 21.5.